The third-order valence-electron chi connectivity index (χ3n) is 1.20. The summed E-state index contributed by atoms with van der Waals surface area (Å²) in [5.41, 5.74) is 0.0903. The largest absolute Gasteiger partial charge is 0.476 e. The van der Waals surface area contributed by atoms with E-state index in [-0.39, 0.29) is 10.3 Å². The van der Waals surface area contributed by atoms with E-state index in [0.717, 1.165) is 0 Å². The number of aromatic nitrogens is 3. The minimum atomic E-state index is -1.02. The van der Waals surface area contributed by atoms with E-state index in [1.54, 1.807) is 6.92 Å². The zero-order valence-electron chi connectivity index (χ0n) is 5.78. The van der Waals surface area contributed by atoms with Crippen LogP contribution < -0.4 is 0 Å². The van der Waals surface area contributed by atoms with Crippen LogP contribution in [0.25, 0.3) is 0 Å². The Labute approximate surface area is 71.1 Å². The van der Waals surface area contributed by atoms with Crippen molar-refractivity contribution in [3.8, 4) is 0 Å². The average Bonchev–Trinajstić information content (AvgIpc) is 2.30. The Morgan fingerprint density at radius 2 is 2.45 bits per heavy atom. The van der Waals surface area contributed by atoms with Crippen LogP contribution in [0.3, 0.4) is 0 Å². The van der Waals surface area contributed by atoms with E-state index in [0.29, 0.717) is 6.54 Å². The zero-order valence-corrected chi connectivity index (χ0v) is 7.37. The lowest BCUT2D eigenvalue weighted by molar-refractivity contribution is 0.0682. The maximum Gasteiger partial charge on any atom is 0.357 e. The number of carbonyl (C=O) groups is 1. The Kier molecular flexibility index (Phi) is 2.23. The molecule has 1 N–H and O–H groups in total. The molecule has 6 heteroatoms. The Balaban J connectivity index is 3.17. The van der Waals surface area contributed by atoms with Crippen molar-refractivity contribution >= 4 is 21.9 Å². The molecule has 0 aliphatic rings. The second-order valence-electron chi connectivity index (χ2n) is 1.85. The number of halogens is 1. The van der Waals surface area contributed by atoms with Gasteiger partial charge in [0.25, 0.3) is 0 Å². The first-order chi connectivity index (χ1) is 5.16. The molecule has 1 rings (SSSR count). The molecule has 0 aliphatic heterocycles. The molecule has 0 bridgehead atoms. The molecule has 0 aliphatic carbocycles. The van der Waals surface area contributed by atoms with Gasteiger partial charge < -0.3 is 5.11 Å². The topological polar surface area (TPSA) is 68.0 Å². The van der Waals surface area contributed by atoms with E-state index < -0.39 is 5.97 Å². The normalized spacial score (nSPS) is 10.0. The SMILES string of the molecule is CCn1nnc(Br)c1C(=O)O. The fraction of sp³-hybridized carbons (Fsp3) is 0.400. The fourth-order valence-electron chi connectivity index (χ4n) is 0.712. The van der Waals surface area contributed by atoms with Gasteiger partial charge in [-0.25, -0.2) is 9.48 Å². The van der Waals surface area contributed by atoms with Crippen molar-refractivity contribution in [3.05, 3.63) is 10.3 Å². The van der Waals surface area contributed by atoms with Gasteiger partial charge in [0, 0.05) is 6.54 Å². The van der Waals surface area contributed by atoms with Crippen LogP contribution in [0.15, 0.2) is 4.60 Å². The lowest BCUT2D eigenvalue weighted by Crippen LogP contribution is -2.08. The second kappa shape index (κ2) is 3.00. The summed E-state index contributed by atoms with van der Waals surface area (Å²) in [6, 6.07) is 0. The number of hydrogen-bond donors (Lipinski definition) is 1. The number of aromatic carboxylic acids is 1. The van der Waals surface area contributed by atoms with E-state index in [4.69, 9.17) is 5.11 Å². The van der Waals surface area contributed by atoms with Gasteiger partial charge in [0.1, 0.15) is 0 Å². The molecular weight excluding hydrogens is 214 g/mol. The van der Waals surface area contributed by atoms with Crippen LogP contribution in [0.2, 0.25) is 0 Å². The van der Waals surface area contributed by atoms with Crippen molar-refractivity contribution in [2.45, 2.75) is 13.5 Å². The van der Waals surface area contributed by atoms with Crippen LogP contribution in [-0.2, 0) is 6.54 Å². The molecule has 0 spiro atoms. The molecule has 11 heavy (non-hydrogen) atoms. The minimum absolute atomic E-state index is 0.0903. The first kappa shape index (κ1) is 8.19. The highest BCUT2D eigenvalue weighted by Gasteiger charge is 2.15. The summed E-state index contributed by atoms with van der Waals surface area (Å²) in [7, 11) is 0. The summed E-state index contributed by atoms with van der Waals surface area (Å²) in [5, 5.41) is 15.8. The molecule has 0 saturated heterocycles. The first-order valence-electron chi connectivity index (χ1n) is 2.99. The number of carboxylic acid groups (broad SMARTS) is 1. The van der Waals surface area contributed by atoms with E-state index in [1.165, 1.54) is 4.68 Å². The summed E-state index contributed by atoms with van der Waals surface area (Å²) in [6.07, 6.45) is 0. The van der Waals surface area contributed by atoms with Crippen LogP contribution in [0.5, 0.6) is 0 Å². The monoisotopic (exact) mass is 219 g/mol. The second-order valence-corrected chi connectivity index (χ2v) is 2.60. The molecule has 0 atom stereocenters. The predicted octanol–water partition coefficient (Wildman–Crippen LogP) is 0.759. The van der Waals surface area contributed by atoms with Gasteiger partial charge >= 0.3 is 5.97 Å². The van der Waals surface area contributed by atoms with Gasteiger partial charge in [-0.05, 0) is 22.9 Å². The molecule has 60 valence electrons. The summed E-state index contributed by atoms with van der Waals surface area (Å²) in [5.74, 6) is -1.02. The van der Waals surface area contributed by atoms with Gasteiger partial charge in [0.2, 0.25) is 0 Å². The molecule has 0 unspecified atom stereocenters. The number of hydrogen-bond acceptors (Lipinski definition) is 3. The van der Waals surface area contributed by atoms with Gasteiger partial charge in [-0.15, -0.1) is 5.10 Å². The summed E-state index contributed by atoms with van der Waals surface area (Å²) in [6.45, 7) is 2.30. The van der Waals surface area contributed by atoms with E-state index >= 15 is 0 Å². The van der Waals surface area contributed by atoms with Gasteiger partial charge in [-0.3, -0.25) is 0 Å². The Hall–Kier alpha value is -0.910. The van der Waals surface area contributed by atoms with Gasteiger partial charge in [0.05, 0.1) is 0 Å². The van der Waals surface area contributed by atoms with E-state index in [2.05, 4.69) is 26.2 Å². The molecule has 1 aromatic rings. The van der Waals surface area contributed by atoms with Gasteiger partial charge in [-0.1, -0.05) is 5.21 Å². The van der Waals surface area contributed by atoms with Crippen molar-refractivity contribution in [2.75, 3.05) is 0 Å². The Bertz CT molecular complexity index is 283. The van der Waals surface area contributed by atoms with Crippen LogP contribution >= 0.6 is 15.9 Å². The highest BCUT2D eigenvalue weighted by Crippen LogP contribution is 2.11. The summed E-state index contributed by atoms with van der Waals surface area (Å²) in [4.78, 5) is 10.5. The lowest BCUT2D eigenvalue weighted by atomic mass is 10.5. The average molecular weight is 220 g/mol. The Morgan fingerprint density at radius 1 is 1.82 bits per heavy atom. The third-order valence-corrected chi connectivity index (χ3v) is 1.73. The quantitative estimate of drug-likeness (QED) is 0.798. The molecule has 0 fully saturated rings. The zero-order chi connectivity index (χ0) is 8.43. The van der Waals surface area contributed by atoms with Crippen LogP contribution in [0, 0.1) is 0 Å². The van der Waals surface area contributed by atoms with Gasteiger partial charge in [-0.2, -0.15) is 0 Å². The predicted molar refractivity (Wildman–Crippen MR) is 40.4 cm³/mol. The van der Waals surface area contributed by atoms with Crippen molar-refractivity contribution in [1.29, 1.82) is 0 Å². The third kappa shape index (κ3) is 1.40. The molecule has 0 amide bonds. The van der Waals surface area contributed by atoms with E-state index in [1.807, 2.05) is 0 Å². The standard InChI is InChI=1S/C5H6BrN3O2/c1-2-9-3(5(10)11)4(6)7-8-9/h2H2,1H3,(H,10,11). The van der Waals surface area contributed by atoms with Crippen molar-refractivity contribution < 1.29 is 9.90 Å². The van der Waals surface area contributed by atoms with Crippen molar-refractivity contribution in [1.82, 2.24) is 15.0 Å². The molecule has 5 nitrogen and oxygen atoms in total. The van der Waals surface area contributed by atoms with Crippen molar-refractivity contribution in [3.63, 3.8) is 0 Å². The maximum absolute atomic E-state index is 10.5. The molecular formula is C5H6BrN3O2. The molecule has 0 saturated carbocycles. The first-order valence-corrected chi connectivity index (χ1v) is 3.78. The Morgan fingerprint density at radius 3 is 2.82 bits per heavy atom. The highest BCUT2D eigenvalue weighted by molar-refractivity contribution is 9.10. The molecule has 0 radical (unpaired) electrons. The number of aryl methyl sites for hydroxylation is 1. The number of nitrogens with zero attached hydrogens (tertiary/aromatic N) is 3. The molecule has 0 aromatic carbocycles. The van der Waals surface area contributed by atoms with Crippen LogP contribution in [0.4, 0.5) is 0 Å². The minimum Gasteiger partial charge on any atom is -0.476 e. The van der Waals surface area contributed by atoms with Crippen LogP contribution in [-0.4, -0.2) is 26.1 Å². The van der Waals surface area contributed by atoms with E-state index in [9.17, 15) is 4.79 Å². The number of rotatable bonds is 2. The number of carboxylic acids is 1. The fourth-order valence-corrected chi connectivity index (χ4v) is 1.16. The maximum atomic E-state index is 10.5. The lowest BCUT2D eigenvalue weighted by Gasteiger charge is -1.95. The molecule has 1 aromatic heterocycles. The highest BCUT2D eigenvalue weighted by atomic mass is 79.9. The van der Waals surface area contributed by atoms with Crippen LogP contribution in [0.1, 0.15) is 17.4 Å². The van der Waals surface area contributed by atoms with Crippen molar-refractivity contribution in [2.24, 2.45) is 0 Å². The van der Waals surface area contributed by atoms with Gasteiger partial charge in [0.15, 0.2) is 10.3 Å². The smallest absolute Gasteiger partial charge is 0.357 e. The summed E-state index contributed by atoms with van der Waals surface area (Å²) >= 11 is 2.98. The summed E-state index contributed by atoms with van der Waals surface area (Å²) < 4.78 is 1.58. The molecule has 1 heterocycles.